The van der Waals surface area contributed by atoms with Gasteiger partial charge >= 0.3 is 6.18 Å². The third-order valence-corrected chi connectivity index (χ3v) is 3.74. The van der Waals surface area contributed by atoms with E-state index in [9.17, 15) is 18.0 Å². The van der Waals surface area contributed by atoms with Crippen LogP contribution >= 0.6 is 0 Å². The minimum Gasteiger partial charge on any atom is -0.368 e. The summed E-state index contributed by atoms with van der Waals surface area (Å²) < 4.78 is 37.7. The van der Waals surface area contributed by atoms with E-state index in [0.29, 0.717) is 0 Å². The van der Waals surface area contributed by atoms with Crippen LogP contribution in [0.3, 0.4) is 0 Å². The van der Waals surface area contributed by atoms with Gasteiger partial charge in [-0.15, -0.1) is 0 Å². The molecule has 7 heteroatoms. The van der Waals surface area contributed by atoms with Crippen molar-refractivity contribution in [1.82, 2.24) is 10.2 Å². The minimum absolute atomic E-state index is 0.0226. The zero-order chi connectivity index (χ0) is 14.8. The van der Waals surface area contributed by atoms with Crippen molar-refractivity contribution in [3.63, 3.8) is 0 Å². The summed E-state index contributed by atoms with van der Waals surface area (Å²) in [6.07, 6.45) is -2.40. The van der Waals surface area contributed by atoms with Crippen LogP contribution in [0, 0.1) is 0 Å². The molecule has 0 heterocycles. The molecule has 1 rings (SSSR count). The number of amides is 1. The number of carbonyl (C=O) groups is 1. The second-order valence-electron chi connectivity index (χ2n) is 5.52. The van der Waals surface area contributed by atoms with Gasteiger partial charge in [0.05, 0.1) is 12.1 Å². The van der Waals surface area contributed by atoms with Crippen molar-refractivity contribution in [2.45, 2.75) is 56.9 Å². The fraction of sp³-hybridized carbons (Fsp3) is 0.917. The lowest BCUT2D eigenvalue weighted by Crippen LogP contribution is -2.56. The van der Waals surface area contributed by atoms with Crippen LogP contribution in [0.5, 0.6) is 0 Å². The molecule has 1 amide bonds. The minimum atomic E-state index is -4.22. The summed E-state index contributed by atoms with van der Waals surface area (Å²) in [6, 6.07) is -0.385. The van der Waals surface area contributed by atoms with Crippen molar-refractivity contribution >= 4 is 5.91 Å². The largest absolute Gasteiger partial charge is 0.401 e. The average Bonchev–Trinajstić information content (AvgIpc) is 3.07. The van der Waals surface area contributed by atoms with Gasteiger partial charge < -0.3 is 11.1 Å². The van der Waals surface area contributed by atoms with Gasteiger partial charge in [-0.05, 0) is 40.2 Å². The van der Waals surface area contributed by atoms with Gasteiger partial charge in [-0.25, -0.2) is 0 Å². The number of primary amides is 1. The Hall–Kier alpha value is -0.820. The first-order valence-electron chi connectivity index (χ1n) is 6.40. The lowest BCUT2D eigenvalue weighted by Gasteiger charge is -2.35. The van der Waals surface area contributed by atoms with Crippen molar-refractivity contribution < 1.29 is 18.0 Å². The van der Waals surface area contributed by atoms with Gasteiger partial charge in [0.2, 0.25) is 5.91 Å². The molecule has 0 aromatic rings. The van der Waals surface area contributed by atoms with Crippen molar-refractivity contribution in [2.24, 2.45) is 5.73 Å². The van der Waals surface area contributed by atoms with Crippen molar-refractivity contribution in [1.29, 1.82) is 0 Å². The van der Waals surface area contributed by atoms with Gasteiger partial charge in [-0.3, -0.25) is 9.69 Å². The van der Waals surface area contributed by atoms with Gasteiger partial charge in [0.1, 0.15) is 0 Å². The fourth-order valence-electron chi connectivity index (χ4n) is 2.29. The molecule has 1 aliphatic carbocycles. The van der Waals surface area contributed by atoms with Crippen LogP contribution in [0.4, 0.5) is 13.2 Å². The van der Waals surface area contributed by atoms with Crippen LogP contribution in [0.15, 0.2) is 0 Å². The maximum absolute atomic E-state index is 12.6. The molecule has 1 fully saturated rings. The summed E-state index contributed by atoms with van der Waals surface area (Å²) in [4.78, 5) is 12.8. The molecule has 1 aliphatic rings. The number of halogens is 3. The molecule has 3 N–H and O–H groups in total. The lowest BCUT2D eigenvalue weighted by molar-refractivity contribution is -0.152. The predicted octanol–water partition coefficient (Wildman–Crippen LogP) is 1.26. The smallest absolute Gasteiger partial charge is 0.368 e. The van der Waals surface area contributed by atoms with E-state index in [0.717, 1.165) is 12.8 Å². The van der Waals surface area contributed by atoms with E-state index in [1.165, 1.54) is 4.90 Å². The molecular weight excluding hydrogens is 259 g/mol. The highest BCUT2D eigenvalue weighted by Gasteiger charge is 2.42. The van der Waals surface area contributed by atoms with E-state index >= 15 is 0 Å². The van der Waals surface area contributed by atoms with Crippen molar-refractivity contribution in [3.05, 3.63) is 0 Å². The first-order valence-corrected chi connectivity index (χ1v) is 6.40. The molecule has 0 spiro atoms. The molecule has 4 nitrogen and oxygen atoms in total. The van der Waals surface area contributed by atoms with Gasteiger partial charge in [-0.2, -0.15) is 13.2 Å². The number of rotatable bonds is 7. The Morgan fingerprint density at radius 3 is 2.32 bits per heavy atom. The second-order valence-corrected chi connectivity index (χ2v) is 5.52. The zero-order valence-corrected chi connectivity index (χ0v) is 11.5. The number of nitrogens with zero attached hydrogens (tertiary/aromatic N) is 1. The van der Waals surface area contributed by atoms with Gasteiger partial charge in [0.15, 0.2) is 0 Å². The number of hydrogen-bond donors (Lipinski definition) is 2. The number of likely N-dealkylation sites (N-methyl/N-ethyl adjacent to an activating group) is 1. The normalized spacial score (nSPS) is 21.2. The van der Waals surface area contributed by atoms with Gasteiger partial charge in [-0.1, -0.05) is 0 Å². The number of nitrogens with two attached hydrogens (primary N) is 1. The average molecular weight is 281 g/mol. The molecule has 19 heavy (non-hydrogen) atoms. The monoisotopic (exact) mass is 281 g/mol. The first kappa shape index (κ1) is 16.2. The molecule has 1 saturated carbocycles. The standard InChI is InChI=1S/C12H22F3N3O/c1-8(6-11(2,17-3)10(16)19)18(9-4-5-9)7-12(13,14)15/h8-9,17H,4-7H2,1-3H3,(H2,16,19). The summed E-state index contributed by atoms with van der Waals surface area (Å²) in [5.74, 6) is -0.551. The highest BCUT2D eigenvalue weighted by molar-refractivity contribution is 5.84. The molecule has 2 atom stereocenters. The highest BCUT2D eigenvalue weighted by atomic mass is 19.4. The molecule has 2 unspecified atom stereocenters. The molecule has 0 aromatic carbocycles. The van der Waals surface area contributed by atoms with Crippen molar-refractivity contribution in [2.75, 3.05) is 13.6 Å². The fourth-order valence-corrected chi connectivity index (χ4v) is 2.29. The second kappa shape index (κ2) is 5.66. The van der Waals surface area contributed by atoms with E-state index in [2.05, 4.69) is 5.32 Å². The van der Waals surface area contributed by atoms with Crippen LogP contribution < -0.4 is 11.1 Å². The number of carbonyl (C=O) groups excluding carboxylic acids is 1. The molecule has 0 radical (unpaired) electrons. The topological polar surface area (TPSA) is 58.4 Å². The van der Waals surface area contributed by atoms with Crippen LogP contribution in [-0.2, 0) is 4.79 Å². The summed E-state index contributed by atoms with van der Waals surface area (Å²) in [7, 11) is 1.59. The molecule has 112 valence electrons. The quantitative estimate of drug-likeness (QED) is 0.738. The van der Waals surface area contributed by atoms with E-state index in [1.807, 2.05) is 0 Å². The first-order chi connectivity index (χ1) is 8.59. The molecule has 0 aliphatic heterocycles. The van der Waals surface area contributed by atoms with Crippen molar-refractivity contribution in [3.8, 4) is 0 Å². The Morgan fingerprint density at radius 2 is 2.00 bits per heavy atom. The molecular formula is C12H22F3N3O. The van der Waals surface area contributed by atoms with E-state index in [1.54, 1.807) is 20.9 Å². The molecule has 0 saturated heterocycles. The Bertz CT molecular complexity index is 331. The third-order valence-electron chi connectivity index (χ3n) is 3.74. The van der Waals surface area contributed by atoms with E-state index < -0.39 is 24.2 Å². The Kier molecular flexibility index (Phi) is 4.84. The van der Waals surface area contributed by atoms with Crippen LogP contribution in [0.25, 0.3) is 0 Å². The Labute approximate surface area is 111 Å². The Morgan fingerprint density at radius 1 is 1.47 bits per heavy atom. The van der Waals surface area contributed by atoms with E-state index in [4.69, 9.17) is 5.73 Å². The number of hydrogen-bond acceptors (Lipinski definition) is 3. The molecule has 0 bridgehead atoms. The summed E-state index contributed by atoms with van der Waals surface area (Å²) in [5.41, 5.74) is 4.32. The lowest BCUT2D eigenvalue weighted by atomic mass is 9.92. The zero-order valence-electron chi connectivity index (χ0n) is 11.5. The van der Waals surface area contributed by atoms with Gasteiger partial charge in [0, 0.05) is 12.1 Å². The highest BCUT2D eigenvalue weighted by Crippen LogP contribution is 2.33. The molecule has 0 aromatic heterocycles. The van der Waals surface area contributed by atoms with E-state index in [-0.39, 0.29) is 18.5 Å². The van der Waals surface area contributed by atoms with Crippen LogP contribution in [0.2, 0.25) is 0 Å². The third kappa shape index (κ3) is 4.65. The summed E-state index contributed by atoms with van der Waals surface area (Å²) in [6.45, 7) is 2.39. The summed E-state index contributed by atoms with van der Waals surface area (Å²) >= 11 is 0. The number of nitrogens with one attached hydrogen (secondary N) is 1. The SMILES string of the molecule is CNC(C)(CC(C)N(CC(F)(F)F)C1CC1)C(N)=O. The maximum Gasteiger partial charge on any atom is 0.401 e. The summed E-state index contributed by atoms with van der Waals surface area (Å²) in [5, 5.41) is 2.80. The predicted molar refractivity (Wildman–Crippen MR) is 66.5 cm³/mol. The van der Waals surface area contributed by atoms with Crippen LogP contribution in [-0.4, -0.2) is 48.2 Å². The van der Waals surface area contributed by atoms with Gasteiger partial charge in [0.25, 0.3) is 0 Å². The Balaban J connectivity index is 2.72. The maximum atomic E-state index is 12.6. The van der Waals surface area contributed by atoms with Crippen LogP contribution in [0.1, 0.15) is 33.1 Å². The number of alkyl halides is 3.